The summed E-state index contributed by atoms with van der Waals surface area (Å²) in [6.07, 6.45) is 6.76. The van der Waals surface area contributed by atoms with Crippen LogP contribution >= 0.6 is 0 Å². The Labute approximate surface area is 78.0 Å². The third-order valence-electron chi connectivity index (χ3n) is 3.12. The molecule has 0 unspecified atom stereocenters. The molecule has 1 fully saturated rings. The van der Waals surface area contributed by atoms with Crippen molar-refractivity contribution in [3.05, 3.63) is 23.6 Å². The standard InChI is InChI=1S/C11H15FO/c1-11(13)6-2-3-8-4-5-9(12)7-10(8)11/h4,7,10,13H,2-3,5-6H2,1H3/t10-,11-/m0/s1. The number of rotatable bonds is 0. The summed E-state index contributed by atoms with van der Waals surface area (Å²) in [5.41, 5.74) is 0.486. The van der Waals surface area contributed by atoms with Crippen molar-refractivity contribution in [1.82, 2.24) is 0 Å². The highest BCUT2D eigenvalue weighted by atomic mass is 19.1. The lowest BCUT2D eigenvalue weighted by Crippen LogP contribution is -2.38. The van der Waals surface area contributed by atoms with Gasteiger partial charge in [0, 0.05) is 12.3 Å². The Bertz CT molecular complexity index is 276. The van der Waals surface area contributed by atoms with Crippen LogP contribution in [0.1, 0.15) is 32.6 Å². The zero-order valence-corrected chi connectivity index (χ0v) is 7.89. The molecule has 0 aromatic rings. The summed E-state index contributed by atoms with van der Waals surface area (Å²) in [6.45, 7) is 1.81. The molecule has 1 nitrogen and oxygen atoms in total. The maximum atomic E-state index is 13.0. The van der Waals surface area contributed by atoms with Crippen LogP contribution in [0.2, 0.25) is 0 Å². The summed E-state index contributed by atoms with van der Waals surface area (Å²) in [5.74, 6) is -0.175. The van der Waals surface area contributed by atoms with Gasteiger partial charge >= 0.3 is 0 Å². The fourth-order valence-electron chi connectivity index (χ4n) is 2.35. The number of hydrogen-bond acceptors (Lipinski definition) is 1. The summed E-state index contributed by atoms with van der Waals surface area (Å²) < 4.78 is 13.0. The summed E-state index contributed by atoms with van der Waals surface area (Å²) in [7, 11) is 0. The Hall–Kier alpha value is -0.630. The van der Waals surface area contributed by atoms with Crippen molar-refractivity contribution in [3.8, 4) is 0 Å². The predicted octanol–water partition coefficient (Wildman–Crippen LogP) is 2.72. The molecule has 0 bridgehead atoms. The molecule has 1 saturated carbocycles. The van der Waals surface area contributed by atoms with Gasteiger partial charge in [-0.25, -0.2) is 4.39 Å². The second-order valence-electron chi connectivity index (χ2n) is 4.29. The quantitative estimate of drug-likeness (QED) is 0.571. The monoisotopic (exact) mass is 182 g/mol. The highest BCUT2D eigenvalue weighted by molar-refractivity contribution is 5.27. The van der Waals surface area contributed by atoms with Crippen molar-refractivity contribution in [3.63, 3.8) is 0 Å². The Balaban J connectivity index is 2.29. The van der Waals surface area contributed by atoms with Crippen molar-refractivity contribution in [2.24, 2.45) is 5.92 Å². The molecule has 0 amide bonds. The van der Waals surface area contributed by atoms with Gasteiger partial charge in [-0.1, -0.05) is 11.6 Å². The van der Waals surface area contributed by atoms with Crippen LogP contribution in [0.3, 0.4) is 0 Å². The van der Waals surface area contributed by atoms with Crippen molar-refractivity contribution < 1.29 is 9.50 Å². The van der Waals surface area contributed by atoms with E-state index in [1.165, 1.54) is 5.57 Å². The minimum absolute atomic E-state index is 0.0741. The van der Waals surface area contributed by atoms with E-state index in [1.807, 2.05) is 6.08 Å². The first-order valence-corrected chi connectivity index (χ1v) is 4.87. The van der Waals surface area contributed by atoms with Crippen LogP contribution < -0.4 is 0 Å². The lowest BCUT2D eigenvalue weighted by Gasteiger charge is -2.38. The van der Waals surface area contributed by atoms with Crippen LogP contribution in [0.15, 0.2) is 23.6 Å². The van der Waals surface area contributed by atoms with Gasteiger partial charge in [-0.05, 0) is 32.3 Å². The van der Waals surface area contributed by atoms with Crippen molar-refractivity contribution in [2.75, 3.05) is 0 Å². The zero-order valence-electron chi connectivity index (χ0n) is 7.89. The van der Waals surface area contributed by atoms with Gasteiger partial charge in [0.25, 0.3) is 0 Å². The lowest BCUT2D eigenvalue weighted by atomic mass is 9.71. The normalized spacial score (nSPS) is 39.2. The minimum Gasteiger partial charge on any atom is -0.389 e. The molecule has 2 atom stereocenters. The smallest absolute Gasteiger partial charge is 0.100 e. The zero-order chi connectivity index (χ0) is 9.47. The van der Waals surface area contributed by atoms with Gasteiger partial charge in [-0.15, -0.1) is 0 Å². The van der Waals surface area contributed by atoms with Gasteiger partial charge in [0.05, 0.1) is 5.60 Å². The molecule has 2 aliphatic carbocycles. The van der Waals surface area contributed by atoms with Crippen LogP contribution in [0, 0.1) is 5.92 Å². The van der Waals surface area contributed by atoms with E-state index >= 15 is 0 Å². The van der Waals surface area contributed by atoms with E-state index < -0.39 is 5.60 Å². The van der Waals surface area contributed by atoms with Crippen LogP contribution in [0.25, 0.3) is 0 Å². The molecule has 0 saturated heterocycles. The lowest BCUT2D eigenvalue weighted by molar-refractivity contribution is 0.00673. The van der Waals surface area contributed by atoms with Crippen LogP contribution in [-0.2, 0) is 0 Å². The molecule has 13 heavy (non-hydrogen) atoms. The first-order chi connectivity index (χ1) is 6.09. The highest BCUT2D eigenvalue weighted by Gasteiger charge is 2.37. The van der Waals surface area contributed by atoms with E-state index in [2.05, 4.69) is 0 Å². The summed E-state index contributed by atoms with van der Waals surface area (Å²) in [5, 5.41) is 10.0. The van der Waals surface area contributed by atoms with E-state index in [0.717, 1.165) is 19.3 Å². The number of hydrogen-bond donors (Lipinski definition) is 1. The van der Waals surface area contributed by atoms with Gasteiger partial charge in [-0.3, -0.25) is 0 Å². The molecule has 0 radical (unpaired) electrons. The third kappa shape index (κ3) is 1.55. The van der Waals surface area contributed by atoms with Crippen molar-refractivity contribution >= 4 is 0 Å². The maximum Gasteiger partial charge on any atom is 0.100 e. The maximum absolute atomic E-state index is 13.0. The highest BCUT2D eigenvalue weighted by Crippen LogP contribution is 2.41. The largest absolute Gasteiger partial charge is 0.389 e. The molecular formula is C11H15FO. The molecule has 0 heterocycles. The molecule has 0 aromatic carbocycles. The molecule has 0 spiro atoms. The average molecular weight is 182 g/mol. The van der Waals surface area contributed by atoms with Crippen LogP contribution in [-0.4, -0.2) is 10.7 Å². The summed E-state index contributed by atoms with van der Waals surface area (Å²) >= 11 is 0. The SMILES string of the molecule is C[C@]1(O)CCCC2=CCC(F)=C[C@@H]21. The molecule has 0 aromatic heterocycles. The summed E-state index contributed by atoms with van der Waals surface area (Å²) in [6, 6.07) is 0. The van der Waals surface area contributed by atoms with E-state index in [0.29, 0.717) is 6.42 Å². The third-order valence-corrected chi connectivity index (χ3v) is 3.12. The van der Waals surface area contributed by atoms with Crippen molar-refractivity contribution in [1.29, 1.82) is 0 Å². The number of allylic oxidation sites excluding steroid dienone is 2. The summed E-state index contributed by atoms with van der Waals surface area (Å²) in [4.78, 5) is 0. The van der Waals surface area contributed by atoms with Crippen LogP contribution in [0.4, 0.5) is 4.39 Å². The Kier molecular flexibility index (Phi) is 2.03. The second kappa shape index (κ2) is 2.95. The van der Waals surface area contributed by atoms with Crippen molar-refractivity contribution in [2.45, 2.75) is 38.2 Å². The molecule has 72 valence electrons. The first-order valence-electron chi connectivity index (χ1n) is 4.87. The fourth-order valence-corrected chi connectivity index (χ4v) is 2.35. The van der Waals surface area contributed by atoms with E-state index in [9.17, 15) is 9.50 Å². The molecule has 1 N–H and O–H groups in total. The van der Waals surface area contributed by atoms with Gasteiger partial charge < -0.3 is 5.11 Å². The van der Waals surface area contributed by atoms with Gasteiger partial charge in [0.2, 0.25) is 0 Å². The minimum atomic E-state index is -0.734. The van der Waals surface area contributed by atoms with Gasteiger partial charge in [0.15, 0.2) is 0 Å². The number of aliphatic hydroxyl groups is 1. The van der Waals surface area contributed by atoms with E-state index in [-0.39, 0.29) is 11.7 Å². The average Bonchev–Trinajstić information content (AvgIpc) is 2.06. The Morgan fingerprint density at radius 1 is 1.62 bits per heavy atom. The number of halogens is 1. The first kappa shape index (κ1) is 8.95. The second-order valence-corrected chi connectivity index (χ2v) is 4.29. The van der Waals surface area contributed by atoms with E-state index in [4.69, 9.17) is 0 Å². The Morgan fingerprint density at radius 3 is 3.15 bits per heavy atom. The predicted molar refractivity (Wildman–Crippen MR) is 49.9 cm³/mol. The topological polar surface area (TPSA) is 20.2 Å². The van der Waals surface area contributed by atoms with Gasteiger partial charge in [0.1, 0.15) is 5.83 Å². The van der Waals surface area contributed by atoms with Crippen LogP contribution in [0.5, 0.6) is 0 Å². The molecule has 2 aliphatic rings. The molecule has 0 aliphatic heterocycles. The molecule has 2 heteroatoms. The molecular weight excluding hydrogens is 167 g/mol. The Morgan fingerprint density at radius 2 is 2.38 bits per heavy atom. The molecule has 2 rings (SSSR count). The fraction of sp³-hybridized carbons (Fsp3) is 0.636. The van der Waals surface area contributed by atoms with Gasteiger partial charge in [-0.2, -0.15) is 0 Å². The van der Waals surface area contributed by atoms with E-state index in [1.54, 1.807) is 13.0 Å². The number of fused-ring (bicyclic) bond motifs is 1.